The van der Waals surface area contributed by atoms with Crippen molar-refractivity contribution in [1.82, 2.24) is 15.2 Å². The molecule has 6 nitrogen and oxygen atoms in total. The van der Waals surface area contributed by atoms with Crippen LogP contribution in [0.2, 0.25) is 0 Å². The molecule has 0 atom stereocenters. The van der Waals surface area contributed by atoms with E-state index in [1.54, 1.807) is 12.1 Å². The molecule has 78 valence electrons. The molecular formula is C10H7N5O. The standard InChI is InChI=1S/C10H7N5O/c11-5-8-6-13-15-9(8)14-10(16)7-1-3-12-4-2-7/h1-4,6H,(H2,13,14,15,16). The summed E-state index contributed by atoms with van der Waals surface area (Å²) in [4.78, 5) is 15.5. The molecule has 16 heavy (non-hydrogen) atoms. The monoisotopic (exact) mass is 213 g/mol. The van der Waals surface area contributed by atoms with Crippen LogP contribution in [0.25, 0.3) is 0 Å². The van der Waals surface area contributed by atoms with Gasteiger partial charge in [-0.2, -0.15) is 10.4 Å². The van der Waals surface area contributed by atoms with Gasteiger partial charge >= 0.3 is 0 Å². The first-order valence-electron chi connectivity index (χ1n) is 4.46. The summed E-state index contributed by atoms with van der Waals surface area (Å²) >= 11 is 0. The SMILES string of the molecule is N#Cc1cn[nH]c1NC(=O)c1ccncc1. The molecule has 0 fully saturated rings. The van der Waals surface area contributed by atoms with Crippen LogP contribution < -0.4 is 5.32 Å². The van der Waals surface area contributed by atoms with Crippen LogP contribution in [0.4, 0.5) is 5.82 Å². The summed E-state index contributed by atoms with van der Waals surface area (Å²) in [6.45, 7) is 0. The lowest BCUT2D eigenvalue weighted by Crippen LogP contribution is -2.12. The van der Waals surface area contributed by atoms with Crippen molar-refractivity contribution in [2.75, 3.05) is 5.32 Å². The second-order valence-electron chi connectivity index (χ2n) is 2.96. The summed E-state index contributed by atoms with van der Waals surface area (Å²) < 4.78 is 0. The number of carbonyl (C=O) groups is 1. The molecule has 2 aromatic rings. The number of nitriles is 1. The van der Waals surface area contributed by atoms with Gasteiger partial charge in [0.15, 0.2) is 0 Å². The highest BCUT2D eigenvalue weighted by molar-refractivity contribution is 6.04. The van der Waals surface area contributed by atoms with Gasteiger partial charge in [-0.15, -0.1) is 0 Å². The maximum Gasteiger partial charge on any atom is 0.256 e. The van der Waals surface area contributed by atoms with Crippen molar-refractivity contribution in [1.29, 1.82) is 5.26 Å². The van der Waals surface area contributed by atoms with Crippen molar-refractivity contribution in [2.45, 2.75) is 0 Å². The third-order valence-electron chi connectivity index (χ3n) is 1.94. The molecule has 0 saturated heterocycles. The average molecular weight is 213 g/mol. The Labute approximate surface area is 90.9 Å². The highest BCUT2D eigenvalue weighted by Crippen LogP contribution is 2.10. The molecule has 0 aliphatic carbocycles. The third kappa shape index (κ3) is 1.88. The lowest BCUT2D eigenvalue weighted by molar-refractivity contribution is 0.102. The van der Waals surface area contributed by atoms with Crippen LogP contribution >= 0.6 is 0 Å². The van der Waals surface area contributed by atoms with Gasteiger partial charge in [0.05, 0.1) is 6.20 Å². The van der Waals surface area contributed by atoms with Gasteiger partial charge in [0.1, 0.15) is 17.5 Å². The zero-order valence-corrected chi connectivity index (χ0v) is 8.14. The van der Waals surface area contributed by atoms with Crippen LogP contribution in [-0.4, -0.2) is 21.1 Å². The number of rotatable bonds is 2. The number of hydrogen-bond donors (Lipinski definition) is 2. The molecule has 2 aromatic heterocycles. The first-order chi connectivity index (χ1) is 7.81. The number of H-pyrrole nitrogens is 1. The molecule has 0 aliphatic heterocycles. The Balaban J connectivity index is 2.18. The Bertz CT molecular complexity index is 540. The Morgan fingerprint density at radius 3 is 2.88 bits per heavy atom. The highest BCUT2D eigenvalue weighted by Gasteiger charge is 2.09. The Kier molecular flexibility index (Phi) is 2.61. The number of hydrogen-bond acceptors (Lipinski definition) is 4. The van der Waals surface area contributed by atoms with Gasteiger partial charge in [-0.05, 0) is 12.1 Å². The number of amides is 1. The summed E-state index contributed by atoms with van der Waals surface area (Å²) in [5, 5.41) is 17.5. The van der Waals surface area contributed by atoms with Crippen LogP contribution in [0.3, 0.4) is 0 Å². The van der Waals surface area contributed by atoms with E-state index in [-0.39, 0.29) is 5.91 Å². The van der Waals surface area contributed by atoms with Crippen LogP contribution in [-0.2, 0) is 0 Å². The minimum absolute atomic E-state index is 0.294. The predicted octanol–water partition coefficient (Wildman–Crippen LogP) is 0.929. The van der Waals surface area contributed by atoms with Gasteiger partial charge in [-0.3, -0.25) is 14.9 Å². The Morgan fingerprint density at radius 1 is 1.44 bits per heavy atom. The maximum atomic E-state index is 11.7. The van der Waals surface area contributed by atoms with Gasteiger partial charge in [0, 0.05) is 18.0 Å². The second-order valence-corrected chi connectivity index (χ2v) is 2.96. The fourth-order valence-corrected chi connectivity index (χ4v) is 1.16. The summed E-state index contributed by atoms with van der Waals surface area (Å²) in [6, 6.07) is 5.07. The van der Waals surface area contributed by atoms with E-state index in [1.807, 2.05) is 6.07 Å². The number of aromatic nitrogens is 3. The summed E-state index contributed by atoms with van der Waals surface area (Å²) in [6.07, 6.45) is 4.39. The van der Waals surface area contributed by atoms with E-state index < -0.39 is 0 Å². The van der Waals surface area contributed by atoms with Crippen molar-refractivity contribution in [3.63, 3.8) is 0 Å². The maximum absolute atomic E-state index is 11.7. The van der Waals surface area contributed by atoms with E-state index >= 15 is 0 Å². The fraction of sp³-hybridized carbons (Fsp3) is 0. The third-order valence-corrected chi connectivity index (χ3v) is 1.94. The van der Waals surface area contributed by atoms with E-state index in [4.69, 9.17) is 5.26 Å². The Morgan fingerprint density at radius 2 is 2.19 bits per heavy atom. The smallest absolute Gasteiger partial charge is 0.256 e. The van der Waals surface area contributed by atoms with E-state index in [9.17, 15) is 4.79 Å². The lowest BCUT2D eigenvalue weighted by atomic mass is 10.2. The zero-order valence-electron chi connectivity index (χ0n) is 8.14. The molecule has 0 bridgehead atoms. The zero-order chi connectivity index (χ0) is 11.4. The van der Waals surface area contributed by atoms with E-state index in [0.29, 0.717) is 16.9 Å². The molecular weight excluding hydrogens is 206 g/mol. The van der Waals surface area contributed by atoms with Crippen LogP contribution in [0.1, 0.15) is 15.9 Å². The molecule has 2 N–H and O–H groups in total. The minimum Gasteiger partial charge on any atom is -0.306 e. The van der Waals surface area contributed by atoms with Gasteiger partial charge in [0.2, 0.25) is 0 Å². The van der Waals surface area contributed by atoms with Gasteiger partial charge in [0.25, 0.3) is 5.91 Å². The van der Waals surface area contributed by atoms with E-state index in [1.165, 1.54) is 18.6 Å². The molecule has 0 aromatic carbocycles. The number of pyridine rings is 1. The first kappa shape index (κ1) is 9.86. The molecule has 0 saturated carbocycles. The minimum atomic E-state index is -0.317. The van der Waals surface area contributed by atoms with Crippen molar-refractivity contribution < 1.29 is 4.79 Å². The van der Waals surface area contributed by atoms with Crippen molar-refractivity contribution >= 4 is 11.7 Å². The largest absolute Gasteiger partial charge is 0.306 e. The normalized spacial score (nSPS) is 9.44. The molecule has 2 heterocycles. The number of aromatic amines is 1. The summed E-state index contributed by atoms with van der Waals surface area (Å²) in [5.41, 5.74) is 0.760. The second kappa shape index (κ2) is 4.23. The average Bonchev–Trinajstić information content (AvgIpc) is 2.77. The van der Waals surface area contributed by atoms with E-state index in [2.05, 4.69) is 20.5 Å². The van der Waals surface area contributed by atoms with Crippen LogP contribution in [0, 0.1) is 11.3 Å². The van der Waals surface area contributed by atoms with Crippen molar-refractivity contribution in [3.05, 3.63) is 41.9 Å². The molecule has 0 spiro atoms. The van der Waals surface area contributed by atoms with Gasteiger partial charge in [-0.25, -0.2) is 0 Å². The summed E-state index contributed by atoms with van der Waals surface area (Å²) in [5.74, 6) is -0.0209. The summed E-state index contributed by atoms with van der Waals surface area (Å²) in [7, 11) is 0. The lowest BCUT2D eigenvalue weighted by Gasteiger charge is -2.01. The topological polar surface area (TPSA) is 94.5 Å². The van der Waals surface area contributed by atoms with Crippen LogP contribution in [0.5, 0.6) is 0 Å². The van der Waals surface area contributed by atoms with Gasteiger partial charge in [-0.1, -0.05) is 0 Å². The fourth-order valence-electron chi connectivity index (χ4n) is 1.16. The molecule has 6 heteroatoms. The number of nitrogens with zero attached hydrogens (tertiary/aromatic N) is 3. The predicted molar refractivity (Wildman–Crippen MR) is 55.5 cm³/mol. The quantitative estimate of drug-likeness (QED) is 0.775. The highest BCUT2D eigenvalue weighted by atomic mass is 16.1. The number of nitrogens with one attached hydrogen (secondary N) is 2. The molecule has 0 unspecified atom stereocenters. The van der Waals surface area contributed by atoms with Gasteiger partial charge < -0.3 is 5.32 Å². The first-order valence-corrected chi connectivity index (χ1v) is 4.46. The van der Waals surface area contributed by atoms with Crippen molar-refractivity contribution in [2.24, 2.45) is 0 Å². The molecule has 0 aliphatic rings. The molecule has 2 rings (SSSR count). The Hall–Kier alpha value is -2.68. The van der Waals surface area contributed by atoms with E-state index in [0.717, 1.165) is 0 Å². The number of carbonyl (C=O) groups excluding carboxylic acids is 1. The van der Waals surface area contributed by atoms with Crippen LogP contribution in [0.15, 0.2) is 30.7 Å². The molecule has 1 amide bonds. The number of anilines is 1. The molecule has 0 radical (unpaired) electrons. The van der Waals surface area contributed by atoms with Crippen molar-refractivity contribution in [3.8, 4) is 6.07 Å².